The maximum atomic E-state index is 13.1. The van der Waals surface area contributed by atoms with Gasteiger partial charge in [0, 0.05) is 29.6 Å². The quantitative estimate of drug-likeness (QED) is 0.614. The monoisotopic (exact) mass is 444 g/mol. The fraction of sp³-hybridized carbons (Fsp3) is 0.348. The molecule has 0 saturated heterocycles. The topological polar surface area (TPSA) is 69.0 Å². The number of carbonyl (C=O) groups excluding carboxylic acids is 1. The lowest BCUT2D eigenvalue weighted by atomic mass is 9.92. The van der Waals surface area contributed by atoms with Crippen LogP contribution in [0.1, 0.15) is 58.5 Å². The first-order chi connectivity index (χ1) is 15.3. The Balaban J connectivity index is 1.59. The highest BCUT2D eigenvalue weighted by Gasteiger charge is 2.32. The summed E-state index contributed by atoms with van der Waals surface area (Å²) in [6, 6.07) is 6.47. The number of benzene rings is 1. The number of pyridine rings is 1. The van der Waals surface area contributed by atoms with Crippen LogP contribution in [0.25, 0.3) is 5.69 Å². The van der Waals surface area contributed by atoms with Gasteiger partial charge in [-0.15, -0.1) is 0 Å². The zero-order chi connectivity index (χ0) is 22.9. The molecule has 0 spiro atoms. The van der Waals surface area contributed by atoms with Gasteiger partial charge in [0.2, 0.25) is 5.88 Å². The van der Waals surface area contributed by atoms with Crippen LogP contribution in [0, 0.1) is 6.92 Å². The Labute approximate surface area is 183 Å². The summed E-state index contributed by atoms with van der Waals surface area (Å²) in [7, 11) is 0. The molecule has 2 heterocycles. The van der Waals surface area contributed by atoms with Crippen molar-refractivity contribution in [3.05, 3.63) is 70.7 Å². The molecule has 1 atom stereocenters. The Bertz CT molecular complexity index is 1140. The third-order valence-corrected chi connectivity index (χ3v) is 5.49. The number of ether oxygens (including phenoxy) is 1. The van der Waals surface area contributed by atoms with Gasteiger partial charge in [0.15, 0.2) is 0 Å². The molecule has 0 radical (unpaired) electrons. The lowest BCUT2D eigenvalue weighted by Crippen LogP contribution is -2.31. The van der Waals surface area contributed by atoms with E-state index in [2.05, 4.69) is 15.4 Å². The molecule has 1 aromatic carbocycles. The Morgan fingerprint density at radius 3 is 2.84 bits per heavy atom. The molecule has 0 unspecified atom stereocenters. The maximum absolute atomic E-state index is 13.1. The van der Waals surface area contributed by atoms with Crippen LogP contribution in [0.4, 0.5) is 13.2 Å². The molecular formula is C23H23F3N4O2. The summed E-state index contributed by atoms with van der Waals surface area (Å²) in [6.45, 7) is 3.99. The Morgan fingerprint density at radius 1 is 1.28 bits per heavy atom. The number of aromatic nitrogens is 3. The van der Waals surface area contributed by atoms with E-state index in [1.165, 1.54) is 6.07 Å². The van der Waals surface area contributed by atoms with Crippen molar-refractivity contribution >= 4 is 5.91 Å². The first kappa shape index (κ1) is 21.9. The fourth-order valence-corrected chi connectivity index (χ4v) is 3.87. The van der Waals surface area contributed by atoms with E-state index < -0.39 is 17.6 Å². The minimum absolute atomic E-state index is 0.0230. The van der Waals surface area contributed by atoms with Gasteiger partial charge in [-0.05, 0) is 56.9 Å². The number of alkyl halides is 3. The number of hydrogen-bond acceptors (Lipinski definition) is 4. The SMILES string of the molecule is CCOc1cc(-n2cc3c(n2)CCC[C@H]3NC(=O)c2cc(C(F)(F)F)ccc2C)ccn1. The van der Waals surface area contributed by atoms with E-state index >= 15 is 0 Å². The normalized spacial score (nSPS) is 15.8. The van der Waals surface area contributed by atoms with E-state index in [4.69, 9.17) is 4.74 Å². The van der Waals surface area contributed by atoms with Crippen LogP contribution in [0.15, 0.2) is 42.7 Å². The average molecular weight is 444 g/mol. The third-order valence-electron chi connectivity index (χ3n) is 5.49. The fourth-order valence-electron chi connectivity index (χ4n) is 3.87. The van der Waals surface area contributed by atoms with Crippen LogP contribution in [-0.4, -0.2) is 27.3 Å². The Morgan fingerprint density at radius 2 is 2.09 bits per heavy atom. The van der Waals surface area contributed by atoms with Gasteiger partial charge < -0.3 is 10.1 Å². The van der Waals surface area contributed by atoms with E-state index in [0.29, 0.717) is 24.5 Å². The van der Waals surface area contributed by atoms with Crippen molar-refractivity contribution in [3.8, 4) is 11.6 Å². The van der Waals surface area contributed by atoms with Crippen molar-refractivity contribution in [3.63, 3.8) is 0 Å². The first-order valence-corrected chi connectivity index (χ1v) is 10.4. The van der Waals surface area contributed by atoms with Gasteiger partial charge in [-0.3, -0.25) is 4.79 Å². The molecule has 4 rings (SSSR count). The standard InChI is InChI=1S/C23H23F3N4O2/c1-3-32-21-12-16(9-10-27-21)30-13-18-19(5-4-6-20(18)29-30)28-22(31)17-11-15(23(24,25)26)8-7-14(17)2/h7-13,19H,3-6H2,1-2H3,(H,28,31)/t19-/m1/s1. The summed E-state index contributed by atoms with van der Waals surface area (Å²) in [4.78, 5) is 17.0. The van der Waals surface area contributed by atoms with Crippen molar-refractivity contribution in [1.29, 1.82) is 0 Å². The molecule has 0 saturated carbocycles. The summed E-state index contributed by atoms with van der Waals surface area (Å²) >= 11 is 0. The smallest absolute Gasteiger partial charge is 0.416 e. The molecule has 32 heavy (non-hydrogen) atoms. The van der Waals surface area contributed by atoms with Crippen molar-refractivity contribution in [2.45, 2.75) is 45.3 Å². The van der Waals surface area contributed by atoms with Crippen LogP contribution < -0.4 is 10.1 Å². The predicted molar refractivity (Wildman–Crippen MR) is 112 cm³/mol. The van der Waals surface area contributed by atoms with Crippen LogP contribution in [0.2, 0.25) is 0 Å². The Kier molecular flexibility index (Phi) is 5.90. The summed E-state index contributed by atoms with van der Waals surface area (Å²) < 4.78 is 46.5. The molecule has 1 N–H and O–H groups in total. The van der Waals surface area contributed by atoms with Gasteiger partial charge in [0.25, 0.3) is 5.91 Å². The molecule has 168 valence electrons. The molecule has 0 fully saturated rings. The second kappa shape index (κ2) is 8.64. The third kappa shape index (κ3) is 4.46. The average Bonchev–Trinajstić information content (AvgIpc) is 3.19. The van der Waals surface area contributed by atoms with Crippen LogP contribution in [0.3, 0.4) is 0 Å². The second-order valence-corrected chi connectivity index (χ2v) is 7.71. The number of rotatable bonds is 5. The molecule has 1 amide bonds. The molecular weight excluding hydrogens is 421 g/mol. The Hall–Kier alpha value is -3.36. The minimum atomic E-state index is -4.51. The number of fused-ring (bicyclic) bond motifs is 1. The molecule has 1 aliphatic rings. The molecule has 1 aliphatic carbocycles. The predicted octanol–water partition coefficient (Wildman–Crippen LogP) is 4.80. The van der Waals surface area contributed by atoms with Crippen molar-refractivity contribution in [1.82, 2.24) is 20.1 Å². The highest BCUT2D eigenvalue weighted by Crippen LogP contribution is 2.32. The number of halogens is 3. The number of hydrogen-bond donors (Lipinski definition) is 1. The van der Waals surface area contributed by atoms with Crippen LogP contribution >= 0.6 is 0 Å². The van der Waals surface area contributed by atoms with Crippen LogP contribution in [0.5, 0.6) is 5.88 Å². The number of carbonyl (C=O) groups is 1. The highest BCUT2D eigenvalue weighted by molar-refractivity contribution is 5.96. The summed E-state index contributed by atoms with van der Waals surface area (Å²) in [5.41, 5.74) is 2.17. The number of nitrogens with one attached hydrogen (secondary N) is 1. The molecule has 0 bridgehead atoms. The molecule has 6 nitrogen and oxygen atoms in total. The summed E-state index contributed by atoms with van der Waals surface area (Å²) in [5.74, 6) is -0.0370. The van der Waals surface area contributed by atoms with Gasteiger partial charge in [0.05, 0.1) is 29.6 Å². The number of nitrogens with zero attached hydrogens (tertiary/aromatic N) is 3. The summed E-state index contributed by atoms with van der Waals surface area (Å²) in [6.07, 6.45) is 1.24. The van der Waals surface area contributed by atoms with E-state index in [1.807, 2.05) is 13.1 Å². The van der Waals surface area contributed by atoms with E-state index in [1.54, 1.807) is 29.9 Å². The molecule has 0 aliphatic heterocycles. The minimum Gasteiger partial charge on any atom is -0.478 e. The lowest BCUT2D eigenvalue weighted by molar-refractivity contribution is -0.137. The van der Waals surface area contributed by atoms with Gasteiger partial charge in [-0.25, -0.2) is 9.67 Å². The molecule has 3 aromatic rings. The van der Waals surface area contributed by atoms with E-state index in [-0.39, 0.29) is 11.6 Å². The zero-order valence-corrected chi connectivity index (χ0v) is 17.7. The van der Waals surface area contributed by atoms with Gasteiger partial charge in [-0.2, -0.15) is 18.3 Å². The largest absolute Gasteiger partial charge is 0.478 e. The number of amides is 1. The van der Waals surface area contributed by atoms with Crippen molar-refractivity contribution in [2.24, 2.45) is 0 Å². The van der Waals surface area contributed by atoms with Crippen LogP contribution in [-0.2, 0) is 12.6 Å². The summed E-state index contributed by atoms with van der Waals surface area (Å²) in [5, 5.41) is 7.56. The highest BCUT2D eigenvalue weighted by atomic mass is 19.4. The van der Waals surface area contributed by atoms with Gasteiger partial charge in [0.1, 0.15) is 0 Å². The lowest BCUT2D eigenvalue weighted by Gasteiger charge is -2.23. The first-order valence-electron chi connectivity index (χ1n) is 10.4. The maximum Gasteiger partial charge on any atom is 0.416 e. The van der Waals surface area contributed by atoms with E-state index in [9.17, 15) is 18.0 Å². The second-order valence-electron chi connectivity index (χ2n) is 7.71. The molecule has 2 aromatic heterocycles. The van der Waals surface area contributed by atoms with Crippen molar-refractivity contribution < 1.29 is 22.7 Å². The van der Waals surface area contributed by atoms with E-state index in [0.717, 1.165) is 41.9 Å². The number of aryl methyl sites for hydroxylation is 2. The van der Waals surface area contributed by atoms with Gasteiger partial charge >= 0.3 is 6.18 Å². The molecule has 9 heteroatoms. The zero-order valence-electron chi connectivity index (χ0n) is 17.7. The van der Waals surface area contributed by atoms with Gasteiger partial charge in [-0.1, -0.05) is 6.07 Å². The van der Waals surface area contributed by atoms with Crippen molar-refractivity contribution in [2.75, 3.05) is 6.61 Å².